The van der Waals surface area contributed by atoms with Crippen LogP contribution >= 0.6 is 11.3 Å². The van der Waals surface area contributed by atoms with Gasteiger partial charge in [0.2, 0.25) is 10.0 Å². The Balaban J connectivity index is 1.64. The topological polar surface area (TPSA) is 71.7 Å². The van der Waals surface area contributed by atoms with Crippen molar-refractivity contribution in [2.75, 3.05) is 6.54 Å². The highest BCUT2D eigenvalue weighted by molar-refractivity contribution is 7.89. The average Bonchev–Trinajstić information content (AvgIpc) is 3.09. The SMILES string of the molecule is CCC1CCCCN1S(=O)(=O)c1ccc(C(=O)N=c2sc3c(C)cc(C)cc3n2C)cc1. The van der Waals surface area contributed by atoms with E-state index in [0.29, 0.717) is 16.9 Å². The number of rotatable bonds is 4. The van der Waals surface area contributed by atoms with Crippen molar-refractivity contribution in [3.63, 3.8) is 0 Å². The maximum absolute atomic E-state index is 13.1. The summed E-state index contributed by atoms with van der Waals surface area (Å²) in [6.07, 6.45) is 3.65. The minimum Gasteiger partial charge on any atom is -0.319 e. The molecular weight excluding hydrogens is 442 g/mol. The standard InChI is InChI=1S/C24H29N3O3S2/c1-5-19-8-6-7-13-27(19)32(29,30)20-11-9-18(10-12-20)23(28)25-24-26(4)21-15-16(2)14-17(3)22(21)31-24/h9-12,14-15,19H,5-8,13H2,1-4H3. The van der Waals surface area contributed by atoms with Gasteiger partial charge in [0.05, 0.1) is 15.1 Å². The monoisotopic (exact) mass is 471 g/mol. The Hall–Kier alpha value is -2.29. The van der Waals surface area contributed by atoms with Crippen LogP contribution in [0.2, 0.25) is 0 Å². The lowest BCUT2D eigenvalue weighted by Gasteiger charge is -2.34. The first-order valence-corrected chi connectivity index (χ1v) is 13.3. The molecule has 6 nitrogen and oxygen atoms in total. The van der Waals surface area contributed by atoms with Crippen LogP contribution in [0.15, 0.2) is 46.3 Å². The number of carbonyl (C=O) groups excluding carboxylic acids is 1. The summed E-state index contributed by atoms with van der Waals surface area (Å²) in [5.74, 6) is -0.380. The van der Waals surface area contributed by atoms with Crippen molar-refractivity contribution in [2.24, 2.45) is 12.0 Å². The lowest BCUT2D eigenvalue weighted by molar-refractivity contribution is 0.0998. The second-order valence-corrected chi connectivity index (χ2v) is 11.4. The summed E-state index contributed by atoms with van der Waals surface area (Å²) in [5.41, 5.74) is 3.75. The van der Waals surface area contributed by atoms with Crippen LogP contribution in [0.5, 0.6) is 0 Å². The third-order valence-corrected chi connectivity index (χ3v) is 9.44. The van der Waals surface area contributed by atoms with Gasteiger partial charge >= 0.3 is 0 Å². The third-order valence-electron chi connectivity index (χ3n) is 6.19. The zero-order valence-corrected chi connectivity index (χ0v) is 20.6. The predicted molar refractivity (Wildman–Crippen MR) is 128 cm³/mol. The molecule has 1 unspecified atom stereocenters. The summed E-state index contributed by atoms with van der Waals surface area (Å²) in [6, 6.07) is 10.4. The van der Waals surface area contributed by atoms with Crippen molar-refractivity contribution in [2.45, 2.75) is 57.4 Å². The molecule has 3 aromatic rings. The summed E-state index contributed by atoms with van der Waals surface area (Å²) in [5, 5.41) is 0. The first-order valence-electron chi connectivity index (χ1n) is 11.0. The first-order chi connectivity index (χ1) is 15.2. The number of piperidine rings is 1. The van der Waals surface area contributed by atoms with Gasteiger partial charge in [0.15, 0.2) is 4.80 Å². The summed E-state index contributed by atoms with van der Waals surface area (Å²) < 4.78 is 31.0. The highest BCUT2D eigenvalue weighted by Gasteiger charge is 2.32. The van der Waals surface area contributed by atoms with E-state index in [1.54, 1.807) is 16.4 Å². The maximum atomic E-state index is 13.1. The molecule has 0 N–H and O–H groups in total. The zero-order valence-electron chi connectivity index (χ0n) is 19.0. The van der Waals surface area contributed by atoms with E-state index in [1.165, 1.54) is 23.5 Å². The number of thiazole rings is 1. The van der Waals surface area contributed by atoms with Crippen LogP contribution in [0.25, 0.3) is 10.2 Å². The number of amides is 1. The number of nitrogens with zero attached hydrogens (tertiary/aromatic N) is 3. The van der Waals surface area contributed by atoms with Crippen molar-refractivity contribution in [3.05, 3.63) is 57.9 Å². The maximum Gasteiger partial charge on any atom is 0.279 e. The Morgan fingerprint density at radius 3 is 2.56 bits per heavy atom. The quantitative estimate of drug-likeness (QED) is 0.560. The fourth-order valence-electron chi connectivity index (χ4n) is 4.43. The van der Waals surface area contributed by atoms with Crippen molar-refractivity contribution in [3.8, 4) is 0 Å². The lowest BCUT2D eigenvalue weighted by atomic mass is 10.0. The van der Waals surface area contributed by atoms with E-state index in [4.69, 9.17) is 0 Å². The molecule has 1 aromatic heterocycles. The molecule has 8 heteroatoms. The molecule has 0 saturated carbocycles. The van der Waals surface area contributed by atoms with Gasteiger partial charge in [-0.1, -0.05) is 30.7 Å². The molecule has 0 spiro atoms. The number of hydrogen-bond acceptors (Lipinski definition) is 4. The van der Waals surface area contributed by atoms with Crippen LogP contribution in [0.1, 0.15) is 54.1 Å². The van der Waals surface area contributed by atoms with Crippen LogP contribution in [0.4, 0.5) is 0 Å². The van der Waals surface area contributed by atoms with Gasteiger partial charge < -0.3 is 4.57 Å². The van der Waals surface area contributed by atoms with E-state index < -0.39 is 10.0 Å². The van der Waals surface area contributed by atoms with E-state index in [9.17, 15) is 13.2 Å². The van der Waals surface area contributed by atoms with Gasteiger partial charge in [0.25, 0.3) is 5.91 Å². The molecular formula is C24H29N3O3S2. The molecule has 170 valence electrons. The van der Waals surface area contributed by atoms with Crippen LogP contribution in [-0.2, 0) is 17.1 Å². The fraction of sp³-hybridized carbons (Fsp3) is 0.417. The number of fused-ring (bicyclic) bond motifs is 1. The van der Waals surface area contributed by atoms with Crippen molar-refractivity contribution < 1.29 is 13.2 Å². The Morgan fingerprint density at radius 1 is 1.16 bits per heavy atom. The highest BCUT2D eigenvalue weighted by Crippen LogP contribution is 2.27. The summed E-state index contributed by atoms with van der Waals surface area (Å²) in [4.78, 5) is 18.0. The molecule has 2 heterocycles. The average molecular weight is 472 g/mol. The molecule has 4 rings (SSSR count). The molecule has 1 aliphatic rings. The van der Waals surface area contributed by atoms with E-state index in [0.717, 1.165) is 47.0 Å². The second-order valence-electron chi connectivity index (χ2n) is 8.49. The molecule has 1 atom stereocenters. The third kappa shape index (κ3) is 4.19. The number of carbonyl (C=O) groups is 1. The second kappa shape index (κ2) is 8.92. The van der Waals surface area contributed by atoms with Crippen LogP contribution in [0, 0.1) is 13.8 Å². The van der Waals surface area contributed by atoms with E-state index in [-0.39, 0.29) is 16.8 Å². The number of aryl methyl sites for hydroxylation is 3. The molecule has 1 fully saturated rings. The Morgan fingerprint density at radius 2 is 1.88 bits per heavy atom. The van der Waals surface area contributed by atoms with Crippen LogP contribution < -0.4 is 4.80 Å². The summed E-state index contributed by atoms with van der Waals surface area (Å²) >= 11 is 1.48. The minimum absolute atomic E-state index is 0.0464. The van der Waals surface area contributed by atoms with E-state index in [1.807, 2.05) is 25.5 Å². The number of aromatic nitrogens is 1. The molecule has 0 bridgehead atoms. The zero-order chi connectivity index (χ0) is 23.0. The van der Waals surface area contributed by atoms with Crippen LogP contribution in [-0.4, -0.2) is 35.8 Å². The Bertz CT molecular complexity index is 1340. The van der Waals surface area contributed by atoms with E-state index >= 15 is 0 Å². The Kier molecular flexibility index (Phi) is 6.38. The van der Waals surface area contributed by atoms with Crippen molar-refractivity contribution in [1.82, 2.24) is 8.87 Å². The molecule has 1 amide bonds. The molecule has 2 aromatic carbocycles. The smallest absolute Gasteiger partial charge is 0.279 e. The van der Waals surface area contributed by atoms with Crippen LogP contribution in [0.3, 0.4) is 0 Å². The first kappa shape index (κ1) is 22.9. The summed E-state index contributed by atoms with van der Waals surface area (Å²) in [6.45, 7) is 6.69. The lowest BCUT2D eigenvalue weighted by Crippen LogP contribution is -2.43. The predicted octanol–water partition coefficient (Wildman–Crippen LogP) is 4.55. The Labute approximate surface area is 193 Å². The molecule has 1 saturated heterocycles. The van der Waals surface area contributed by atoms with Gasteiger partial charge in [-0.05, 0) is 74.6 Å². The summed E-state index contributed by atoms with van der Waals surface area (Å²) in [7, 11) is -1.66. The molecule has 1 aliphatic heterocycles. The van der Waals surface area contributed by atoms with Crippen molar-refractivity contribution >= 4 is 37.5 Å². The van der Waals surface area contributed by atoms with E-state index in [2.05, 4.69) is 24.0 Å². The van der Waals surface area contributed by atoms with Gasteiger partial charge in [0, 0.05) is 25.2 Å². The van der Waals surface area contributed by atoms with Gasteiger partial charge in [-0.15, -0.1) is 0 Å². The van der Waals surface area contributed by atoms with Gasteiger partial charge in [0.1, 0.15) is 0 Å². The van der Waals surface area contributed by atoms with Gasteiger partial charge in [-0.2, -0.15) is 9.30 Å². The normalized spacial score (nSPS) is 18.4. The largest absolute Gasteiger partial charge is 0.319 e. The molecule has 0 aliphatic carbocycles. The fourth-order valence-corrected chi connectivity index (χ4v) is 7.26. The van der Waals surface area contributed by atoms with Crippen molar-refractivity contribution in [1.29, 1.82) is 0 Å². The molecule has 32 heavy (non-hydrogen) atoms. The van der Waals surface area contributed by atoms with Gasteiger partial charge in [-0.3, -0.25) is 4.79 Å². The number of benzene rings is 2. The number of hydrogen-bond donors (Lipinski definition) is 0. The number of sulfonamides is 1. The van der Waals surface area contributed by atoms with Gasteiger partial charge in [-0.25, -0.2) is 8.42 Å². The minimum atomic E-state index is -3.57. The molecule has 0 radical (unpaired) electrons. The highest BCUT2D eigenvalue weighted by atomic mass is 32.2.